The van der Waals surface area contributed by atoms with Crippen molar-refractivity contribution >= 4 is 23.3 Å². The second kappa shape index (κ2) is 10.6. The first-order chi connectivity index (χ1) is 18.7. The number of Topliss-reactive ketones (excluding diaryl/α,β-unsaturated/α-hetero) is 1. The first-order valence-corrected chi connectivity index (χ1v) is 11.9. The summed E-state index contributed by atoms with van der Waals surface area (Å²) in [6, 6.07) is 16.5. The van der Waals surface area contributed by atoms with E-state index in [0.717, 1.165) is 0 Å². The maximum absolute atomic E-state index is 13.7. The van der Waals surface area contributed by atoms with Crippen molar-refractivity contribution in [1.82, 2.24) is 14.9 Å². The van der Waals surface area contributed by atoms with Crippen LogP contribution in [0.2, 0.25) is 0 Å². The zero-order chi connectivity index (χ0) is 27.6. The Morgan fingerprint density at radius 1 is 1.00 bits per heavy atom. The first-order valence-electron chi connectivity index (χ1n) is 11.9. The van der Waals surface area contributed by atoms with Gasteiger partial charge in [0.05, 0.1) is 11.7 Å². The molecule has 2 amide bonds. The average molecular weight is 539 g/mol. The van der Waals surface area contributed by atoms with Gasteiger partial charge in [-0.3, -0.25) is 4.79 Å². The van der Waals surface area contributed by atoms with Gasteiger partial charge in [0.1, 0.15) is 11.6 Å². The van der Waals surface area contributed by atoms with E-state index in [1.54, 1.807) is 36.4 Å². The van der Waals surface area contributed by atoms with Crippen molar-refractivity contribution in [2.24, 2.45) is 0 Å². The molecule has 0 radical (unpaired) electrons. The fourth-order valence-corrected chi connectivity index (χ4v) is 3.99. The van der Waals surface area contributed by atoms with Crippen LogP contribution in [0.4, 0.5) is 33.9 Å². The number of para-hydroxylation sites is 1. The molecule has 1 aliphatic rings. The minimum absolute atomic E-state index is 0.0923. The number of urea groups is 1. The summed E-state index contributed by atoms with van der Waals surface area (Å²) in [4.78, 5) is 34.3. The third-order valence-corrected chi connectivity index (χ3v) is 6.00. The van der Waals surface area contributed by atoms with Gasteiger partial charge in [0.2, 0.25) is 17.4 Å². The van der Waals surface area contributed by atoms with E-state index in [0.29, 0.717) is 30.0 Å². The Balaban J connectivity index is 1.18. The number of hydrogen-bond donors (Lipinski definition) is 2. The molecule has 0 bridgehead atoms. The number of likely N-dealkylation sites (tertiary alicyclic amines) is 1. The fourth-order valence-electron chi connectivity index (χ4n) is 3.99. The summed E-state index contributed by atoms with van der Waals surface area (Å²) in [6.45, 7) is 0.718. The molecule has 0 unspecified atom stereocenters. The lowest BCUT2D eigenvalue weighted by Crippen LogP contribution is -2.58. The van der Waals surface area contributed by atoms with Crippen LogP contribution in [0.3, 0.4) is 0 Å². The molecule has 0 spiro atoms. The van der Waals surface area contributed by atoms with Gasteiger partial charge in [-0.2, -0.15) is 13.2 Å². The van der Waals surface area contributed by atoms with Crippen molar-refractivity contribution in [2.45, 2.75) is 18.6 Å². The number of anilines is 2. The van der Waals surface area contributed by atoms with Crippen LogP contribution in [-0.4, -0.2) is 45.8 Å². The Morgan fingerprint density at radius 3 is 2.38 bits per heavy atom. The third-order valence-electron chi connectivity index (χ3n) is 6.00. The van der Waals surface area contributed by atoms with Crippen molar-refractivity contribution < 1.29 is 31.6 Å². The molecule has 0 saturated carbocycles. The van der Waals surface area contributed by atoms with Crippen LogP contribution in [-0.2, 0) is 12.6 Å². The Labute approximate surface area is 219 Å². The highest BCUT2D eigenvalue weighted by Crippen LogP contribution is 2.35. The Bertz CT molecular complexity index is 1480. The predicted molar refractivity (Wildman–Crippen MR) is 134 cm³/mol. The molecule has 8 nitrogen and oxygen atoms in total. The number of aromatic nitrogens is 2. The number of rotatable bonds is 7. The van der Waals surface area contributed by atoms with Crippen molar-refractivity contribution in [3.05, 3.63) is 95.8 Å². The summed E-state index contributed by atoms with van der Waals surface area (Å²) in [7, 11) is 0. The van der Waals surface area contributed by atoms with Crippen LogP contribution in [0, 0.1) is 5.82 Å². The fraction of sp³-hybridized carbons (Fsp3) is 0.185. The number of carbonyl (C=O) groups excluding carboxylic acids is 2. The van der Waals surface area contributed by atoms with Gasteiger partial charge in [-0.1, -0.05) is 36.4 Å². The molecule has 2 aromatic carbocycles. The molecule has 2 N–H and O–H groups in total. The van der Waals surface area contributed by atoms with Gasteiger partial charge in [0.25, 0.3) is 0 Å². The van der Waals surface area contributed by atoms with E-state index in [4.69, 9.17) is 4.42 Å². The van der Waals surface area contributed by atoms with Crippen LogP contribution in [0.5, 0.6) is 0 Å². The molecule has 0 atom stereocenters. The smallest absolute Gasteiger partial charge is 0.432 e. The molecule has 1 aliphatic heterocycles. The molecule has 1 saturated heterocycles. The third kappa shape index (κ3) is 5.89. The second-order valence-corrected chi connectivity index (χ2v) is 8.87. The highest BCUT2D eigenvalue weighted by molar-refractivity contribution is 5.96. The molecule has 4 aromatic rings. The number of carbonyl (C=O) groups is 2. The molecule has 0 aliphatic carbocycles. The number of amides is 2. The maximum atomic E-state index is 13.7. The normalized spacial score (nSPS) is 13.6. The van der Waals surface area contributed by atoms with E-state index in [-0.39, 0.29) is 24.0 Å². The van der Waals surface area contributed by atoms with Gasteiger partial charge in [-0.25, -0.2) is 19.2 Å². The largest absolute Gasteiger partial charge is 0.437 e. The van der Waals surface area contributed by atoms with Crippen LogP contribution in [0.15, 0.2) is 77.3 Å². The molecule has 2 aromatic heterocycles. The number of benzene rings is 2. The van der Waals surface area contributed by atoms with E-state index in [2.05, 4.69) is 20.6 Å². The van der Waals surface area contributed by atoms with Crippen LogP contribution in [0.25, 0.3) is 11.5 Å². The lowest BCUT2D eigenvalue weighted by molar-refractivity contribution is -0.141. The number of nitrogens with zero attached hydrogens (tertiary/aromatic N) is 3. The molecular formula is C27H21F4N5O3. The Morgan fingerprint density at radius 2 is 1.72 bits per heavy atom. The summed E-state index contributed by atoms with van der Waals surface area (Å²) in [5, 5.41) is 5.65. The average Bonchev–Trinajstić information content (AvgIpc) is 3.35. The number of oxazole rings is 1. The molecule has 12 heteroatoms. The van der Waals surface area contributed by atoms with Gasteiger partial charge >= 0.3 is 12.2 Å². The van der Waals surface area contributed by atoms with Gasteiger partial charge in [-0.05, 0) is 35.9 Å². The number of ketones is 1. The minimum atomic E-state index is -4.86. The highest BCUT2D eigenvalue weighted by atomic mass is 19.4. The van der Waals surface area contributed by atoms with Gasteiger partial charge in [-0.15, -0.1) is 0 Å². The molecular weight excluding hydrogens is 518 g/mol. The summed E-state index contributed by atoms with van der Waals surface area (Å²) in [5.41, 5.74) is -0.574. The number of hydrogen-bond acceptors (Lipinski definition) is 6. The Hall–Kier alpha value is -4.74. The van der Waals surface area contributed by atoms with E-state index < -0.39 is 35.3 Å². The topological polar surface area (TPSA) is 100 Å². The standard InChI is InChI=1S/C27H21F4N5O3/c28-19-8-4-5-9-20(19)34-26(38)36-14-18(15-36)33-22-11-10-16(13-32-22)12-21(37)23-24(27(29,30)31)35-25(39-23)17-6-2-1-3-7-17/h1-11,13,18H,12,14-15H2,(H,32,33)(H,34,38). The Kier molecular flexibility index (Phi) is 7.01. The highest BCUT2D eigenvalue weighted by Gasteiger charge is 2.41. The lowest BCUT2D eigenvalue weighted by Gasteiger charge is -2.39. The molecule has 3 heterocycles. The monoisotopic (exact) mass is 539 g/mol. The summed E-state index contributed by atoms with van der Waals surface area (Å²) < 4.78 is 59.6. The summed E-state index contributed by atoms with van der Waals surface area (Å²) in [6.07, 6.45) is -3.85. The molecule has 39 heavy (non-hydrogen) atoms. The van der Waals surface area contributed by atoms with Gasteiger partial charge in [0, 0.05) is 31.3 Å². The number of nitrogens with one attached hydrogen (secondary N) is 2. The van der Waals surface area contributed by atoms with Crippen LogP contribution >= 0.6 is 0 Å². The quantitative estimate of drug-likeness (QED) is 0.233. The number of alkyl halides is 3. The van der Waals surface area contributed by atoms with Crippen molar-refractivity contribution in [2.75, 3.05) is 23.7 Å². The van der Waals surface area contributed by atoms with E-state index in [1.165, 1.54) is 41.4 Å². The zero-order valence-corrected chi connectivity index (χ0v) is 20.2. The van der Waals surface area contributed by atoms with Gasteiger partial charge in [0.15, 0.2) is 5.69 Å². The maximum Gasteiger partial charge on any atom is 0.437 e. The summed E-state index contributed by atoms with van der Waals surface area (Å²) in [5.74, 6) is -2.09. The number of pyridine rings is 1. The molecule has 1 fully saturated rings. The van der Waals surface area contributed by atoms with E-state index >= 15 is 0 Å². The predicted octanol–water partition coefficient (Wildman–Crippen LogP) is 5.65. The lowest BCUT2D eigenvalue weighted by atomic mass is 10.1. The zero-order valence-electron chi connectivity index (χ0n) is 20.2. The van der Waals surface area contributed by atoms with Crippen molar-refractivity contribution in [3.8, 4) is 11.5 Å². The summed E-state index contributed by atoms with van der Waals surface area (Å²) >= 11 is 0. The van der Waals surface area contributed by atoms with Crippen molar-refractivity contribution in [1.29, 1.82) is 0 Å². The van der Waals surface area contributed by atoms with E-state index in [1.807, 2.05) is 0 Å². The SMILES string of the molecule is O=C(Cc1ccc(NC2CN(C(=O)Nc3ccccc3F)C2)nc1)c1oc(-c2ccccc2)nc1C(F)(F)F. The van der Waals surface area contributed by atoms with Crippen molar-refractivity contribution in [3.63, 3.8) is 0 Å². The van der Waals surface area contributed by atoms with Crippen LogP contribution < -0.4 is 10.6 Å². The minimum Gasteiger partial charge on any atom is -0.432 e. The molecule has 200 valence electrons. The van der Waals surface area contributed by atoms with Gasteiger partial charge < -0.3 is 20.0 Å². The van der Waals surface area contributed by atoms with Crippen LogP contribution in [0.1, 0.15) is 21.8 Å². The molecule has 5 rings (SSSR count). The van der Waals surface area contributed by atoms with E-state index in [9.17, 15) is 27.2 Å². The number of halogens is 4. The first kappa shape index (κ1) is 25.9. The second-order valence-electron chi connectivity index (χ2n) is 8.87.